The van der Waals surface area contributed by atoms with Crippen LogP contribution >= 0.6 is 11.6 Å². The number of ether oxygens (including phenoxy) is 2. The summed E-state index contributed by atoms with van der Waals surface area (Å²) in [6, 6.07) is 16.4. The van der Waals surface area contributed by atoms with Crippen molar-refractivity contribution in [1.29, 1.82) is 0 Å². The molecule has 0 unspecified atom stereocenters. The number of carbonyl (C=O) groups excluding carboxylic acids is 2. The van der Waals surface area contributed by atoms with Crippen molar-refractivity contribution >= 4 is 29.5 Å². The lowest BCUT2D eigenvalue weighted by molar-refractivity contribution is 0.0500. The van der Waals surface area contributed by atoms with Crippen LogP contribution in [-0.4, -0.2) is 34.4 Å². The average molecular weight is 485 g/mol. The molecule has 0 radical (unpaired) electrons. The predicted octanol–water partition coefficient (Wildman–Crippen LogP) is 5.73. The molecule has 0 aliphatic heterocycles. The molecule has 1 atom stereocenters. The van der Waals surface area contributed by atoms with Gasteiger partial charge < -0.3 is 19.4 Å². The highest BCUT2D eigenvalue weighted by Crippen LogP contribution is 2.31. The number of hydrogen-bond donors (Lipinski definition) is 2. The number of amides is 2. The van der Waals surface area contributed by atoms with Crippen LogP contribution in [0.15, 0.2) is 54.6 Å². The molecule has 3 rings (SSSR count). The number of hydrogen-bond acceptors (Lipinski definition) is 5. The Kier molecular flexibility index (Phi) is 7.83. The molecule has 2 amide bonds. The van der Waals surface area contributed by atoms with E-state index in [1.165, 1.54) is 7.11 Å². The van der Waals surface area contributed by atoms with Crippen molar-refractivity contribution < 1.29 is 19.1 Å². The minimum atomic E-state index is -0.633. The molecule has 1 heterocycles. The number of carbonyl (C=O) groups is 2. The molecule has 8 nitrogen and oxygen atoms in total. The van der Waals surface area contributed by atoms with Gasteiger partial charge in [0.1, 0.15) is 22.3 Å². The predicted molar refractivity (Wildman–Crippen MR) is 132 cm³/mol. The molecule has 2 N–H and O–H groups in total. The summed E-state index contributed by atoms with van der Waals surface area (Å²) in [5, 5.41) is 5.97. The zero-order valence-corrected chi connectivity index (χ0v) is 20.6. The molecule has 0 fully saturated rings. The van der Waals surface area contributed by atoms with Crippen LogP contribution in [0.2, 0.25) is 5.15 Å². The van der Waals surface area contributed by atoms with Gasteiger partial charge in [-0.3, -0.25) is 5.32 Å². The highest BCUT2D eigenvalue weighted by molar-refractivity contribution is 6.32. The standard InChI is InChI=1S/C25H29ClN4O4/c1-25(2,3)34-24(32)28-19(15-16-9-7-6-8-10-16)22-29-20(21(26)30(22)4)17-11-13-18(14-12-17)27-23(31)33-5/h6-14,19H,15H2,1-5H3,(H,27,31)(H,28,32)/t19-/m0/s1. The van der Waals surface area contributed by atoms with E-state index in [0.717, 1.165) is 11.1 Å². The van der Waals surface area contributed by atoms with Gasteiger partial charge in [-0.15, -0.1) is 0 Å². The molecule has 2 aromatic carbocycles. The van der Waals surface area contributed by atoms with Crippen LogP contribution < -0.4 is 10.6 Å². The quantitative estimate of drug-likeness (QED) is 0.466. The van der Waals surface area contributed by atoms with Crippen LogP contribution in [0, 0.1) is 0 Å². The van der Waals surface area contributed by atoms with E-state index < -0.39 is 23.8 Å². The molecule has 0 aliphatic rings. The molecule has 1 aromatic heterocycles. The highest BCUT2D eigenvalue weighted by atomic mass is 35.5. The second-order valence-electron chi connectivity index (χ2n) is 8.75. The second kappa shape index (κ2) is 10.6. The lowest BCUT2D eigenvalue weighted by Gasteiger charge is -2.23. The number of nitrogens with one attached hydrogen (secondary N) is 2. The summed E-state index contributed by atoms with van der Waals surface area (Å²) in [5.41, 5.74) is 2.30. The molecule has 3 aromatic rings. The van der Waals surface area contributed by atoms with Crippen molar-refractivity contribution in [1.82, 2.24) is 14.9 Å². The maximum absolute atomic E-state index is 12.6. The van der Waals surface area contributed by atoms with Gasteiger partial charge in [0.25, 0.3) is 0 Å². The number of rotatable bonds is 6. The molecule has 0 saturated carbocycles. The summed E-state index contributed by atoms with van der Waals surface area (Å²) in [5.74, 6) is 0.589. The molecule has 0 spiro atoms. The van der Waals surface area contributed by atoms with Gasteiger partial charge in [-0.1, -0.05) is 54.1 Å². The van der Waals surface area contributed by atoms with Gasteiger partial charge in [0.2, 0.25) is 0 Å². The third-order valence-corrected chi connectivity index (χ3v) is 5.37. The topological polar surface area (TPSA) is 94.5 Å². The van der Waals surface area contributed by atoms with Crippen LogP contribution in [-0.2, 0) is 22.9 Å². The molecule has 180 valence electrons. The third kappa shape index (κ3) is 6.51. The van der Waals surface area contributed by atoms with E-state index in [2.05, 4.69) is 15.4 Å². The number of anilines is 1. The smallest absolute Gasteiger partial charge is 0.411 e. The van der Waals surface area contributed by atoms with Gasteiger partial charge in [-0.2, -0.15) is 0 Å². The largest absolute Gasteiger partial charge is 0.453 e. The third-order valence-electron chi connectivity index (χ3n) is 4.94. The first-order valence-corrected chi connectivity index (χ1v) is 11.2. The van der Waals surface area contributed by atoms with Gasteiger partial charge in [-0.05, 0) is 38.5 Å². The minimum Gasteiger partial charge on any atom is -0.453 e. The Labute approximate surface area is 204 Å². The number of imidazole rings is 1. The van der Waals surface area contributed by atoms with Gasteiger partial charge in [0.05, 0.1) is 13.2 Å². The molecule has 34 heavy (non-hydrogen) atoms. The Balaban J connectivity index is 1.92. The van der Waals surface area contributed by atoms with Crippen molar-refractivity contribution in [3.05, 3.63) is 71.1 Å². The van der Waals surface area contributed by atoms with Gasteiger partial charge in [0.15, 0.2) is 0 Å². The van der Waals surface area contributed by atoms with Crippen molar-refractivity contribution in [3.63, 3.8) is 0 Å². The fourth-order valence-electron chi connectivity index (χ4n) is 3.38. The van der Waals surface area contributed by atoms with Crippen LogP contribution in [0.3, 0.4) is 0 Å². The first kappa shape index (κ1) is 25.1. The molecule has 0 aliphatic carbocycles. The Hall–Kier alpha value is -3.52. The van der Waals surface area contributed by atoms with E-state index in [1.807, 2.05) is 51.1 Å². The fourth-order valence-corrected chi connectivity index (χ4v) is 3.62. The van der Waals surface area contributed by atoms with E-state index >= 15 is 0 Å². The first-order chi connectivity index (χ1) is 16.1. The van der Waals surface area contributed by atoms with Crippen LogP contribution in [0.4, 0.5) is 15.3 Å². The summed E-state index contributed by atoms with van der Waals surface area (Å²) >= 11 is 6.65. The molecular weight excluding hydrogens is 456 g/mol. The Morgan fingerprint density at radius 1 is 1.06 bits per heavy atom. The average Bonchev–Trinajstić information content (AvgIpc) is 3.08. The molecule has 0 bridgehead atoms. The first-order valence-electron chi connectivity index (χ1n) is 10.8. The number of methoxy groups -OCH3 is 1. The van der Waals surface area contributed by atoms with Gasteiger partial charge in [0, 0.05) is 24.7 Å². The molecular formula is C25H29ClN4O4. The van der Waals surface area contributed by atoms with E-state index in [-0.39, 0.29) is 0 Å². The van der Waals surface area contributed by atoms with Crippen LogP contribution in [0.1, 0.15) is 38.2 Å². The Morgan fingerprint density at radius 3 is 2.29 bits per heavy atom. The SMILES string of the molecule is COC(=O)Nc1ccc(-c2nc([C@H](Cc3ccccc3)NC(=O)OC(C)(C)C)n(C)c2Cl)cc1. The maximum Gasteiger partial charge on any atom is 0.411 e. The van der Waals surface area contributed by atoms with Gasteiger partial charge in [-0.25, -0.2) is 14.6 Å². The maximum atomic E-state index is 12.6. The summed E-state index contributed by atoms with van der Waals surface area (Å²) < 4.78 is 11.8. The second-order valence-corrected chi connectivity index (χ2v) is 9.11. The summed E-state index contributed by atoms with van der Waals surface area (Å²) in [4.78, 5) is 28.8. The zero-order valence-electron chi connectivity index (χ0n) is 19.9. The van der Waals surface area contributed by atoms with Crippen LogP contribution in [0.5, 0.6) is 0 Å². The Bertz CT molecular complexity index is 1140. The number of alkyl carbamates (subject to hydrolysis) is 1. The van der Waals surface area contributed by atoms with Crippen LogP contribution in [0.25, 0.3) is 11.3 Å². The lowest BCUT2D eigenvalue weighted by Crippen LogP contribution is -2.36. The van der Waals surface area contributed by atoms with Crippen molar-refractivity contribution in [2.45, 2.75) is 38.8 Å². The molecule has 0 saturated heterocycles. The van der Waals surface area contributed by atoms with E-state index in [9.17, 15) is 9.59 Å². The zero-order chi connectivity index (χ0) is 24.9. The summed E-state index contributed by atoms with van der Waals surface area (Å²) in [6.07, 6.45) is -0.585. The van der Waals surface area contributed by atoms with Crippen molar-refractivity contribution in [2.75, 3.05) is 12.4 Å². The van der Waals surface area contributed by atoms with E-state index in [0.29, 0.717) is 28.8 Å². The minimum absolute atomic E-state index is 0.424. The number of benzene rings is 2. The van der Waals surface area contributed by atoms with E-state index in [4.69, 9.17) is 21.3 Å². The summed E-state index contributed by atoms with van der Waals surface area (Å²) in [6.45, 7) is 5.44. The van der Waals surface area contributed by atoms with E-state index in [1.54, 1.807) is 35.9 Å². The summed E-state index contributed by atoms with van der Waals surface area (Å²) in [7, 11) is 3.10. The van der Waals surface area contributed by atoms with Crippen molar-refractivity contribution in [3.8, 4) is 11.3 Å². The monoisotopic (exact) mass is 484 g/mol. The normalized spacial score (nSPS) is 12.1. The number of nitrogens with zero attached hydrogens (tertiary/aromatic N) is 2. The molecule has 9 heteroatoms. The van der Waals surface area contributed by atoms with Crippen molar-refractivity contribution in [2.24, 2.45) is 7.05 Å². The highest BCUT2D eigenvalue weighted by Gasteiger charge is 2.26. The number of aromatic nitrogens is 2. The van der Waals surface area contributed by atoms with Gasteiger partial charge >= 0.3 is 12.2 Å². The number of halogens is 1. The Morgan fingerprint density at radius 2 is 1.71 bits per heavy atom. The fraction of sp³-hybridized carbons (Fsp3) is 0.320. The lowest BCUT2D eigenvalue weighted by atomic mass is 10.1.